The number of hydrogen-bond donors (Lipinski definition) is 0. The minimum absolute atomic E-state index is 0.319. The maximum atomic E-state index is 13.5. The first-order valence-electron chi connectivity index (χ1n) is 10.4. The van der Waals surface area contributed by atoms with Crippen LogP contribution < -0.4 is 16.0 Å². The van der Waals surface area contributed by atoms with E-state index in [1.165, 1.54) is 9.13 Å². The van der Waals surface area contributed by atoms with Crippen LogP contribution >= 0.6 is 0 Å². The summed E-state index contributed by atoms with van der Waals surface area (Å²) >= 11 is 0. The lowest BCUT2D eigenvalue weighted by atomic mass is 10.1. The summed E-state index contributed by atoms with van der Waals surface area (Å²) in [5.41, 5.74) is 1.61. The van der Waals surface area contributed by atoms with Gasteiger partial charge in [-0.1, -0.05) is 56.3 Å². The van der Waals surface area contributed by atoms with Crippen molar-refractivity contribution in [3.05, 3.63) is 87.3 Å². The molecule has 0 N–H and O–H groups in total. The smallest absolute Gasteiger partial charge is 0.337 e. The average molecular weight is 418 g/mol. The molecule has 0 spiro atoms. The van der Waals surface area contributed by atoms with Gasteiger partial charge in [0, 0.05) is 13.1 Å². The Morgan fingerprint density at radius 2 is 1.71 bits per heavy atom. The van der Waals surface area contributed by atoms with Gasteiger partial charge in [0.2, 0.25) is 0 Å². The summed E-state index contributed by atoms with van der Waals surface area (Å²) in [5.74, 6) is 0.897. The van der Waals surface area contributed by atoms with Crippen LogP contribution in [0.3, 0.4) is 0 Å². The highest BCUT2D eigenvalue weighted by Crippen LogP contribution is 2.23. The SMILES string of the molecule is COc1ccccc1-n1c(=O)n(CCC(C)C)c(=O)c2c1ncn2Cc1ccccc1. The van der Waals surface area contributed by atoms with Crippen LogP contribution in [0, 0.1) is 5.92 Å². The summed E-state index contributed by atoms with van der Waals surface area (Å²) in [5, 5.41) is 0. The normalized spacial score (nSPS) is 11.4. The molecule has 0 aliphatic carbocycles. The van der Waals surface area contributed by atoms with Crippen LogP contribution in [0.5, 0.6) is 5.75 Å². The molecule has 0 amide bonds. The first-order valence-corrected chi connectivity index (χ1v) is 10.4. The zero-order chi connectivity index (χ0) is 22.0. The molecule has 0 fully saturated rings. The van der Waals surface area contributed by atoms with Crippen molar-refractivity contribution in [3.8, 4) is 11.4 Å². The Labute approximate surface area is 180 Å². The van der Waals surface area contributed by atoms with Crippen molar-refractivity contribution < 1.29 is 4.74 Å². The van der Waals surface area contributed by atoms with E-state index < -0.39 is 5.69 Å². The molecule has 7 nitrogen and oxygen atoms in total. The summed E-state index contributed by atoms with van der Waals surface area (Å²) in [7, 11) is 1.56. The lowest BCUT2D eigenvalue weighted by Gasteiger charge is -2.15. The van der Waals surface area contributed by atoms with E-state index >= 15 is 0 Å². The van der Waals surface area contributed by atoms with E-state index in [9.17, 15) is 9.59 Å². The molecule has 0 bridgehead atoms. The number of hydrogen-bond acceptors (Lipinski definition) is 4. The third-order valence-electron chi connectivity index (χ3n) is 5.35. The van der Waals surface area contributed by atoms with E-state index in [-0.39, 0.29) is 5.56 Å². The van der Waals surface area contributed by atoms with Gasteiger partial charge < -0.3 is 9.30 Å². The van der Waals surface area contributed by atoms with E-state index in [1.54, 1.807) is 25.6 Å². The van der Waals surface area contributed by atoms with Gasteiger partial charge in [-0.3, -0.25) is 9.36 Å². The monoisotopic (exact) mass is 418 g/mol. The Bertz CT molecular complexity index is 1320. The van der Waals surface area contributed by atoms with Gasteiger partial charge in [0.1, 0.15) is 5.75 Å². The maximum absolute atomic E-state index is 13.5. The van der Waals surface area contributed by atoms with E-state index in [1.807, 2.05) is 47.0 Å². The maximum Gasteiger partial charge on any atom is 0.337 e. The third kappa shape index (κ3) is 3.91. The number of fused-ring (bicyclic) bond motifs is 1. The zero-order valence-electron chi connectivity index (χ0n) is 18.0. The molecule has 0 saturated carbocycles. The largest absolute Gasteiger partial charge is 0.495 e. The van der Waals surface area contributed by atoms with Crippen molar-refractivity contribution >= 4 is 11.2 Å². The topological polar surface area (TPSA) is 71.1 Å². The predicted molar refractivity (Wildman–Crippen MR) is 121 cm³/mol. The number of ether oxygens (including phenoxy) is 1. The summed E-state index contributed by atoms with van der Waals surface area (Å²) in [6.07, 6.45) is 2.34. The molecule has 4 rings (SSSR count). The van der Waals surface area contributed by atoms with Gasteiger partial charge in [-0.2, -0.15) is 0 Å². The fourth-order valence-corrected chi connectivity index (χ4v) is 3.70. The van der Waals surface area contributed by atoms with Gasteiger partial charge in [-0.15, -0.1) is 0 Å². The van der Waals surface area contributed by atoms with E-state index in [2.05, 4.69) is 18.8 Å². The van der Waals surface area contributed by atoms with Gasteiger partial charge >= 0.3 is 5.69 Å². The van der Waals surface area contributed by atoms with Crippen molar-refractivity contribution in [2.75, 3.05) is 7.11 Å². The molecule has 0 saturated heterocycles. The van der Waals surface area contributed by atoms with E-state index in [0.29, 0.717) is 41.6 Å². The molecular formula is C24H26N4O3. The van der Waals surface area contributed by atoms with Crippen LogP contribution in [0.4, 0.5) is 0 Å². The fourth-order valence-electron chi connectivity index (χ4n) is 3.70. The quantitative estimate of drug-likeness (QED) is 0.461. The van der Waals surface area contributed by atoms with E-state index in [4.69, 9.17) is 4.74 Å². The van der Waals surface area contributed by atoms with Gasteiger partial charge in [0.05, 0.1) is 19.1 Å². The molecule has 0 atom stereocenters. The van der Waals surface area contributed by atoms with Crippen LogP contribution in [0.2, 0.25) is 0 Å². The predicted octanol–water partition coefficient (Wildman–Crippen LogP) is 3.45. The van der Waals surface area contributed by atoms with Crippen LogP contribution in [0.1, 0.15) is 25.8 Å². The summed E-state index contributed by atoms with van der Waals surface area (Å²) < 4.78 is 10.1. The van der Waals surface area contributed by atoms with Gasteiger partial charge in [0.15, 0.2) is 11.2 Å². The molecule has 31 heavy (non-hydrogen) atoms. The van der Waals surface area contributed by atoms with Gasteiger partial charge in [0.25, 0.3) is 5.56 Å². The highest BCUT2D eigenvalue weighted by molar-refractivity contribution is 5.73. The standard InChI is InChI=1S/C24H26N4O3/c1-17(2)13-14-27-23(29)21-22(25-16-26(21)15-18-9-5-4-6-10-18)28(24(27)30)19-11-7-8-12-20(19)31-3/h4-12,16-17H,13-15H2,1-3H3. The summed E-state index contributed by atoms with van der Waals surface area (Å²) in [6, 6.07) is 17.1. The summed E-state index contributed by atoms with van der Waals surface area (Å²) in [6.45, 7) is 4.97. The Balaban J connectivity index is 2.00. The second kappa shape index (κ2) is 8.63. The molecule has 2 heterocycles. The molecule has 0 radical (unpaired) electrons. The first-order chi connectivity index (χ1) is 15.0. The van der Waals surface area contributed by atoms with E-state index in [0.717, 1.165) is 12.0 Å². The number of rotatable bonds is 7. The van der Waals surface area contributed by atoms with Gasteiger partial charge in [-0.05, 0) is 30.0 Å². The first kappa shape index (κ1) is 20.7. The van der Waals surface area contributed by atoms with Crippen molar-refractivity contribution in [1.82, 2.24) is 18.7 Å². The Hall–Kier alpha value is -3.61. The molecule has 0 aliphatic heterocycles. The minimum Gasteiger partial charge on any atom is -0.495 e. The lowest BCUT2D eigenvalue weighted by Crippen LogP contribution is -2.40. The van der Waals surface area contributed by atoms with Crippen molar-refractivity contribution in [2.45, 2.75) is 33.4 Å². The van der Waals surface area contributed by atoms with Crippen LogP contribution in [-0.2, 0) is 13.1 Å². The molecular weight excluding hydrogens is 392 g/mol. The average Bonchev–Trinajstić information content (AvgIpc) is 3.18. The Kier molecular flexibility index (Phi) is 5.75. The number of para-hydroxylation sites is 2. The molecule has 2 aromatic heterocycles. The minimum atomic E-state index is -0.410. The van der Waals surface area contributed by atoms with Crippen molar-refractivity contribution in [2.24, 2.45) is 5.92 Å². The number of nitrogens with zero attached hydrogens (tertiary/aromatic N) is 4. The van der Waals surface area contributed by atoms with Crippen molar-refractivity contribution in [1.29, 1.82) is 0 Å². The molecule has 4 aromatic rings. The fraction of sp³-hybridized carbons (Fsp3) is 0.292. The highest BCUT2D eigenvalue weighted by Gasteiger charge is 2.21. The summed E-state index contributed by atoms with van der Waals surface area (Å²) in [4.78, 5) is 31.4. The lowest BCUT2D eigenvalue weighted by molar-refractivity contribution is 0.412. The second-order valence-electron chi connectivity index (χ2n) is 7.96. The zero-order valence-corrected chi connectivity index (χ0v) is 18.0. The Morgan fingerprint density at radius 3 is 2.42 bits per heavy atom. The third-order valence-corrected chi connectivity index (χ3v) is 5.35. The van der Waals surface area contributed by atoms with Gasteiger partial charge in [-0.25, -0.2) is 14.3 Å². The Morgan fingerprint density at radius 1 is 1.00 bits per heavy atom. The van der Waals surface area contributed by atoms with Crippen molar-refractivity contribution in [3.63, 3.8) is 0 Å². The number of imidazole rings is 1. The molecule has 0 aliphatic rings. The number of benzene rings is 2. The number of aromatic nitrogens is 4. The van der Waals surface area contributed by atoms with Crippen LogP contribution in [-0.4, -0.2) is 25.8 Å². The molecule has 160 valence electrons. The molecule has 7 heteroatoms. The van der Waals surface area contributed by atoms with Crippen LogP contribution in [0.15, 0.2) is 70.5 Å². The second-order valence-corrected chi connectivity index (χ2v) is 7.96. The molecule has 0 unspecified atom stereocenters. The highest BCUT2D eigenvalue weighted by atomic mass is 16.5. The molecule has 2 aromatic carbocycles. The van der Waals surface area contributed by atoms with Crippen LogP contribution in [0.25, 0.3) is 16.9 Å². The number of methoxy groups -OCH3 is 1.